The summed E-state index contributed by atoms with van der Waals surface area (Å²) >= 11 is 0. The Kier molecular flexibility index (Phi) is 4.70. The number of aromatic nitrogens is 2. The summed E-state index contributed by atoms with van der Waals surface area (Å²) in [7, 11) is 0. The lowest BCUT2D eigenvalue weighted by molar-refractivity contribution is 0.0689. The minimum absolute atomic E-state index is 0.321. The molecule has 0 unspecified atom stereocenters. The van der Waals surface area contributed by atoms with E-state index in [2.05, 4.69) is 22.0 Å². The van der Waals surface area contributed by atoms with E-state index in [9.17, 15) is 8.78 Å². The second-order valence-corrected chi connectivity index (χ2v) is 6.87. The van der Waals surface area contributed by atoms with Crippen molar-refractivity contribution in [1.29, 1.82) is 0 Å². The molecule has 0 bridgehead atoms. The summed E-state index contributed by atoms with van der Waals surface area (Å²) < 4.78 is 28.3. The van der Waals surface area contributed by atoms with Gasteiger partial charge in [-0.15, -0.1) is 0 Å². The molecular formula is C20H22F2N4. The van der Waals surface area contributed by atoms with Crippen molar-refractivity contribution in [1.82, 2.24) is 14.5 Å². The molecule has 1 fully saturated rings. The van der Waals surface area contributed by atoms with Crippen LogP contribution in [-0.4, -0.2) is 34.1 Å². The maximum absolute atomic E-state index is 13.6. The zero-order chi connectivity index (χ0) is 18.1. The molecule has 2 aromatic carbocycles. The Morgan fingerprint density at radius 2 is 1.77 bits per heavy atom. The Morgan fingerprint density at radius 3 is 2.50 bits per heavy atom. The fourth-order valence-corrected chi connectivity index (χ4v) is 4.03. The van der Waals surface area contributed by atoms with Crippen LogP contribution in [0.2, 0.25) is 0 Å². The third-order valence-corrected chi connectivity index (χ3v) is 5.28. The highest BCUT2D eigenvalue weighted by Crippen LogP contribution is 2.33. The van der Waals surface area contributed by atoms with E-state index in [-0.39, 0.29) is 0 Å². The van der Waals surface area contributed by atoms with Gasteiger partial charge in [0.25, 0.3) is 0 Å². The minimum Gasteiger partial charge on any atom is -0.330 e. The van der Waals surface area contributed by atoms with Crippen LogP contribution in [0.5, 0.6) is 0 Å². The van der Waals surface area contributed by atoms with Crippen molar-refractivity contribution in [2.45, 2.75) is 19.0 Å². The highest BCUT2D eigenvalue weighted by molar-refractivity contribution is 5.75. The van der Waals surface area contributed by atoms with Gasteiger partial charge in [0.15, 0.2) is 0 Å². The van der Waals surface area contributed by atoms with Gasteiger partial charge < -0.3 is 5.73 Å². The Labute approximate surface area is 151 Å². The minimum atomic E-state index is -2.60. The van der Waals surface area contributed by atoms with Gasteiger partial charge in [0.05, 0.1) is 17.6 Å². The van der Waals surface area contributed by atoms with E-state index >= 15 is 0 Å². The number of benzene rings is 2. The Bertz CT molecular complexity index is 878. The van der Waals surface area contributed by atoms with Crippen LogP contribution in [0, 0.1) is 5.92 Å². The normalized spacial score (nSPS) is 21.1. The molecule has 3 aromatic rings. The largest absolute Gasteiger partial charge is 0.330 e. The lowest BCUT2D eigenvalue weighted by atomic mass is 9.89. The number of halogens is 2. The van der Waals surface area contributed by atoms with Crippen molar-refractivity contribution in [3.05, 3.63) is 66.0 Å². The van der Waals surface area contributed by atoms with Crippen molar-refractivity contribution in [3.8, 4) is 0 Å². The van der Waals surface area contributed by atoms with Gasteiger partial charge in [-0.3, -0.25) is 9.47 Å². The molecule has 2 heterocycles. The molecular weight excluding hydrogens is 334 g/mol. The number of fused-ring (bicyclic) bond motifs is 1. The Hall–Kier alpha value is -2.31. The molecule has 2 N–H and O–H groups in total. The van der Waals surface area contributed by atoms with E-state index in [0.29, 0.717) is 41.8 Å². The smallest absolute Gasteiger partial charge is 0.320 e. The number of nitrogens with two attached hydrogens (primary N) is 1. The zero-order valence-corrected chi connectivity index (χ0v) is 14.4. The van der Waals surface area contributed by atoms with Crippen LogP contribution in [-0.2, 0) is 6.54 Å². The van der Waals surface area contributed by atoms with Crippen LogP contribution in [0.25, 0.3) is 11.0 Å². The number of rotatable bonds is 5. The molecule has 0 saturated carbocycles. The summed E-state index contributed by atoms with van der Waals surface area (Å²) in [5.74, 6) is 1.05. The van der Waals surface area contributed by atoms with Gasteiger partial charge in [-0.2, -0.15) is 8.78 Å². The molecule has 1 aromatic heterocycles. The van der Waals surface area contributed by atoms with E-state index in [0.717, 1.165) is 17.7 Å². The van der Waals surface area contributed by atoms with Crippen molar-refractivity contribution in [2.24, 2.45) is 11.7 Å². The summed E-state index contributed by atoms with van der Waals surface area (Å²) in [5, 5.41) is 0. The summed E-state index contributed by atoms with van der Waals surface area (Å²) in [6, 6.07) is 17.3. The summed E-state index contributed by atoms with van der Waals surface area (Å²) in [6.45, 7) is -0.0173. The van der Waals surface area contributed by atoms with Gasteiger partial charge in [0.1, 0.15) is 5.82 Å². The first kappa shape index (κ1) is 17.1. The molecule has 26 heavy (non-hydrogen) atoms. The number of para-hydroxylation sites is 2. The highest BCUT2D eigenvalue weighted by Gasteiger charge is 2.33. The van der Waals surface area contributed by atoms with Crippen molar-refractivity contribution >= 4 is 11.0 Å². The fraction of sp³-hybridized carbons (Fsp3) is 0.350. The van der Waals surface area contributed by atoms with Crippen LogP contribution in [0.15, 0.2) is 54.6 Å². The topological polar surface area (TPSA) is 47.1 Å². The van der Waals surface area contributed by atoms with Gasteiger partial charge in [-0.25, -0.2) is 4.98 Å². The van der Waals surface area contributed by atoms with Crippen LogP contribution >= 0.6 is 0 Å². The average Bonchev–Trinajstić information content (AvgIpc) is 3.23. The monoisotopic (exact) mass is 356 g/mol. The number of imidazole rings is 1. The molecule has 0 aliphatic carbocycles. The molecule has 4 rings (SSSR count). The number of nitrogens with zero attached hydrogens (tertiary/aromatic N) is 3. The quantitative estimate of drug-likeness (QED) is 0.760. The predicted octanol–water partition coefficient (Wildman–Crippen LogP) is 3.61. The number of hydrogen-bond acceptors (Lipinski definition) is 3. The lowest BCUT2D eigenvalue weighted by Crippen LogP contribution is -2.24. The lowest BCUT2D eigenvalue weighted by Gasteiger charge is -2.17. The van der Waals surface area contributed by atoms with Crippen LogP contribution in [0.3, 0.4) is 0 Å². The van der Waals surface area contributed by atoms with E-state index in [1.165, 1.54) is 5.56 Å². The number of likely N-dealkylation sites (tertiary alicyclic amines) is 1. The molecule has 1 aliphatic rings. The van der Waals surface area contributed by atoms with Gasteiger partial charge in [0.2, 0.25) is 0 Å². The first-order valence-corrected chi connectivity index (χ1v) is 8.88. The summed E-state index contributed by atoms with van der Waals surface area (Å²) in [6.07, 6.45) is 0. The Balaban J connectivity index is 1.60. The van der Waals surface area contributed by atoms with Crippen LogP contribution in [0.1, 0.15) is 23.9 Å². The number of hydrogen-bond donors (Lipinski definition) is 1. The first-order chi connectivity index (χ1) is 12.7. The van der Waals surface area contributed by atoms with Gasteiger partial charge in [-0.05, 0) is 30.2 Å². The van der Waals surface area contributed by atoms with Gasteiger partial charge in [0, 0.05) is 19.0 Å². The highest BCUT2D eigenvalue weighted by atomic mass is 19.3. The Morgan fingerprint density at radius 1 is 1.04 bits per heavy atom. The molecule has 0 amide bonds. The summed E-state index contributed by atoms with van der Waals surface area (Å²) in [4.78, 5) is 6.65. The van der Waals surface area contributed by atoms with Crippen molar-refractivity contribution < 1.29 is 8.78 Å². The van der Waals surface area contributed by atoms with Crippen LogP contribution < -0.4 is 5.73 Å². The fourth-order valence-electron chi connectivity index (χ4n) is 4.03. The van der Waals surface area contributed by atoms with E-state index in [4.69, 9.17) is 5.73 Å². The van der Waals surface area contributed by atoms with Crippen molar-refractivity contribution in [2.75, 3.05) is 19.6 Å². The number of alkyl halides is 2. The average molecular weight is 356 g/mol. The molecule has 136 valence electrons. The summed E-state index contributed by atoms with van der Waals surface area (Å²) in [5.41, 5.74) is 8.33. The molecule has 2 atom stereocenters. The zero-order valence-electron chi connectivity index (χ0n) is 14.4. The van der Waals surface area contributed by atoms with Gasteiger partial charge >= 0.3 is 6.55 Å². The standard InChI is InChI=1S/C20H22F2N4/c21-20(22)26-18-9-5-4-8-17(18)24-19(26)13-25-11-15(10-23)16(12-25)14-6-2-1-3-7-14/h1-9,15-16,20H,10-13,23H2/t15-,16+/m1/s1. The second-order valence-electron chi connectivity index (χ2n) is 6.87. The third kappa shape index (κ3) is 3.10. The van der Waals surface area contributed by atoms with Crippen LogP contribution in [0.4, 0.5) is 8.78 Å². The second kappa shape index (κ2) is 7.13. The molecule has 0 radical (unpaired) electrons. The van der Waals surface area contributed by atoms with E-state index < -0.39 is 6.55 Å². The van der Waals surface area contributed by atoms with Gasteiger partial charge in [-0.1, -0.05) is 42.5 Å². The maximum Gasteiger partial charge on any atom is 0.320 e. The first-order valence-electron chi connectivity index (χ1n) is 8.88. The molecule has 6 heteroatoms. The maximum atomic E-state index is 13.6. The third-order valence-electron chi connectivity index (χ3n) is 5.28. The SMILES string of the molecule is NC[C@@H]1CN(Cc2nc3ccccc3n2C(F)F)C[C@H]1c1ccccc1. The molecule has 1 aliphatic heterocycles. The van der Waals surface area contributed by atoms with E-state index in [1.807, 2.05) is 24.3 Å². The molecule has 1 saturated heterocycles. The molecule has 4 nitrogen and oxygen atoms in total. The van der Waals surface area contributed by atoms with E-state index in [1.54, 1.807) is 18.2 Å². The molecule has 0 spiro atoms. The predicted molar refractivity (Wildman–Crippen MR) is 98.0 cm³/mol. The van der Waals surface area contributed by atoms with Crippen molar-refractivity contribution in [3.63, 3.8) is 0 Å².